The summed E-state index contributed by atoms with van der Waals surface area (Å²) >= 11 is 3.58. The van der Waals surface area contributed by atoms with Gasteiger partial charge in [-0.25, -0.2) is 9.98 Å². The van der Waals surface area contributed by atoms with Crippen molar-refractivity contribution in [2.45, 2.75) is 52.6 Å². The predicted molar refractivity (Wildman–Crippen MR) is 95.2 cm³/mol. The Bertz CT molecular complexity index is 533. The van der Waals surface area contributed by atoms with Gasteiger partial charge < -0.3 is 9.64 Å². The van der Waals surface area contributed by atoms with Crippen LogP contribution in [0.2, 0.25) is 0 Å². The van der Waals surface area contributed by atoms with Gasteiger partial charge in [-0.3, -0.25) is 0 Å². The molecule has 0 N–H and O–H groups in total. The molecular formula is C17H26BrN3O. The Hall–Kier alpha value is -1.10. The zero-order chi connectivity index (χ0) is 16.1. The summed E-state index contributed by atoms with van der Waals surface area (Å²) in [6, 6.07) is 1.99. The lowest BCUT2D eigenvalue weighted by Gasteiger charge is -2.29. The molecule has 0 aromatic carbocycles. The number of halogens is 1. The van der Waals surface area contributed by atoms with Gasteiger partial charge in [-0.2, -0.15) is 0 Å². The summed E-state index contributed by atoms with van der Waals surface area (Å²) in [6.45, 7) is 7.26. The fourth-order valence-electron chi connectivity index (χ4n) is 2.61. The summed E-state index contributed by atoms with van der Waals surface area (Å²) in [4.78, 5) is 11.1. The number of aryl methyl sites for hydroxylation is 1. The molecule has 0 spiro atoms. The van der Waals surface area contributed by atoms with Gasteiger partial charge in [0.25, 0.3) is 0 Å². The Balaban J connectivity index is 2.13. The quantitative estimate of drug-likeness (QED) is 0.557. The Morgan fingerprint density at radius 3 is 2.86 bits per heavy atom. The Morgan fingerprint density at radius 1 is 1.45 bits per heavy atom. The molecule has 0 radical (unpaired) electrons. The summed E-state index contributed by atoms with van der Waals surface area (Å²) < 4.78 is 7.04. The molecule has 1 fully saturated rings. The highest BCUT2D eigenvalue weighted by Gasteiger charge is 2.24. The highest BCUT2D eigenvalue weighted by molar-refractivity contribution is 9.10. The van der Waals surface area contributed by atoms with E-state index in [0.717, 1.165) is 28.8 Å². The van der Waals surface area contributed by atoms with Crippen LogP contribution in [0.5, 0.6) is 5.88 Å². The summed E-state index contributed by atoms with van der Waals surface area (Å²) in [5.41, 5.74) is 1.76. The summed E-state index contributed by atoms with van der Waals surface area (Å²) in [6.07, 6.45) is 7.03. The molecule has 4 nitrogen and oxygen atoms in total. The number of hydrogen-bond acceptors (Lipinski definition) is 3. The maximum Gasteiger partial charge on any atom is 0.228 e. The van der Waals surface area contributed by atoms with E-state index < -0.39 is 0 Å². The summed E-state index contributed by atoms with van der Waals surface area (Å²) in [5, 5.41) is 0. The highest BCUT2D eigenvalue weighted by atomic mass is 79.9. The second kappa shape index (κ2) is 7.95. The monoisotopic (exact) mass is 367 g/mol. The van der Waals surface area contributed by atoms with Crippen LogP contribution in [0.3, 0.4) is 0 Å². The highest BCUT2D eigenvalue weighted by Crippen LogP contribution is 2.33. The number of aliphatic imine (C=N–C) groups is 1. The third-order valence-electron chi connectivity index (χ3n) is 4.30. The molecule has 2 rings (SSSR count). The maximum atomic E-state index is 6.16. The average molecular weight is 368 g/mol. The predicted octanol–water partition coefficient (Wildman–Crippen LogP) is 4.72. The molecule has 1 saturated carbocycles. The van der Waals surface area contributed by atoms with Crippen molar-refractivity contribution in [2.24, 2.45) is 10.9 Å². The lowest BCUT2D eigenvalue weighted by Crippen LogP contribution is -2.28. The van der Waals surface area contributed by atoms with Crippen molar-refractivity contribution < 1.29 is 4.74 Å². The molecule has 0 saturated heterocycles. The Labute approximate surface area is 142 Å². The first-order valence-electron chi connectivity index (χ1n) is 8.09. The van der Waals surface area contributed by atoms with Gasteiger partial charge in [0.1, 0.15) is 6.10 Å². The largest absolute Gasteiger partial charge is 0.473 e. The number of aromatic nitrogens is 1. The van der Waals surface area contributed by atoms with E-state index in [9.17, 15) is 0 Å². The lowest BCUT2D eigenvalue weighted by molar-refractivity contribution is 0.0966. The first-order valence-corrected chi connectivity index (χ1v) is 8.88. The van der Waals surface area contributed by atoms with Crippen LogP contribution >= 0.6 is 15.9 Å². The zero-order valence-corrected chi connectivity index (χ0v) is 15.6. The summed E-state index contributed by atoms with van der Waals surface area (Å²) in [7, 11) is 2.00. The van der Waals surface area contributed by atoms with Crippen molar-refractivity contribution in [3.8, 4) is 5.88 Å². The van der Waals surface area contributed by atoms with E-state index in [1.54, 1.807) is 0 Å². The van der Waals surface area contributed by atoms with Crippen molar-refractivity contribution >= 4 is 28.0 Å². The molecule has 1 aromatic rings. The van der Waals surface area contributed by atoms with Crippen molar-refractivity contribution in [3.05, 3.63) is 16.2 Å². The van der Waals surface area contributed by atoms with Gasteiger partial charge in [0.2, 0.25) is 5.88 Å². The van der Waals surface area contributed by atoms with E-state index in [1.165, 1.54) is 19.3 Å². The topological polar surface area (TPSA) is 37.7 Å². The van der Waals surface area contributed by atoms with Crippen LogP contribution in [0.1, 0.15) is 45.2 Å². The fourth-order valence-corrected chi connectivity index (χ4v) is 3.00. The third kappa shape index (κ3) is 4.45. The van der Waals surface area contributed by atoms with E-state index in [0.29, 0.717) is 11.8 Å². The number of nitrogens with zero attached hydrogens (tertiary/aromatic N) is 3. The van der Waals surface area contributed by atoms with Crippen molar-refractivity contribution in [1.82, 2.24) is 9.88 Å². The lowest BCUT2D eigenvalue weighted by atomic mass is 9.88. The molecule has 1 heterocycles. The van der Waals surface area contributed by atoms with E-state index in [4.69, 9.17) is 4.74 Å². The van der Waals surface area contributed by atoms with Gasteiger partial charge in [0, 0.05) is 13.6 Å². The number of hydrogen-bond donors (Lipinski definition) is 0. The van der Waals surface area contributed by atoms with Gasteiger partial charge in [-0.1, -0.05) is 13.3 Å². The van der Waals surface area contributed by atoms with Crippen LogP contribution in [0.25, 0.3) is 0 Å². The SMILES string of the molecule is CCN(C)/C=N/c1cc(Br)c(O[C@@H]2CCCC[C@@H]2C)nc1C. The van der Waals surface area contributed by atoms with Crippen molar-refractivity contribution in [2.75, 3.05) is 13.6 Å². The molecule has 1 aromatic heterocycles. The molecule has 0 bridgehead atoms. The molecule has 122 valence electrons. The second-order valence-corrected chi connectivity index (χ2v) is 6.97. The van der Waals surface area contributed by atoms with Crippen LogP contribution in [-0.4, -0.2) is 35.9 Å². The van der Waals surface area contributed by atoms with Gasteiger partial charge in [0.05, 0.1) is 22.2 Å². The first-order chi connectivity index (χ1) is 10.5. The fraction of sp³-hybridized carbons (Fsp3) is 0.647. The van der Waals surface area contributed by atoms with Gasteiger partial charge in [-0.15, -0.1) is 0 Å². The maximum absolute atomic E-state index is 6.16. The minimum Gasteiger partial charge on any atom is -0.473 e. The van der Waals surface area contributed by atoms with Crippen LogP contribution in [-0.2, 0) is 0 Å². The van der Waals surface area contributed by atoms with Crippen LogP contribution in [0.4, 0.5) is 5.69 Å². The van der Waals surface area contributed by atoms with Gasteiger partial charge >= 0.3 is 0 Å². The Morgan fingerprint density at radius 2 is 2.18 bits per heavy atom. The van der Waals surface area contributed by atoms with Gasteiger partial charge in [-0.05, 0) is 61.0 Å². The van der Waals surface area contributed by atoms with Crippen LogP contribution in [0, 0.1) is 12.8 Å². The molecular weight excluding hydrogens is 342 g/mol. The molecule has 2 atom stereocenters. The summed E-state index contributed by atoms with van der Waals surface area (Å²) in [5.74, 6) is 1.29. The Kier molecular flexibility index (Phi) is 6.24. The van der Waals surface area contributed by atoms with E-state index in [-0.39, 0.29) is 6.10 Å². The van der Waals surface area contributed by atoms with Crippen molar-refractivity contribution in [3.63, 3.8) is 0 Å². The normalized spacial score (nSPS) is 22.0. The van der Waals surface area contributed by atoms with E-state index >= 15 is 0 Å². The van der Waals surface area contributed by atoms with E-state index in [1.807, 2.05) is 31.3 Å². The average Bonchev–Trinajstić information content (AvgIpc) is 2.51. The molecule has 22 heavy (non-hydrogen) atoms. The van der Waals surface area contributed by atoms with E-state index in [2.05, 4.69) is 39.8 Å². The number of ether oxygens (including phenoxy) is 1. The molecule has 1 aliphatic carbocycles. The first kappa shape index (κ1) is 17.3. The molecule has 1 aliphatic rings. The molecule has 0 unspecified atom stereocenters. The third-order valence-corrected chi connectivity index (χ3v) is 4.86. The molecule has 5 heteroatoms. The number of pyridine rings is 1. The van der Waals surface area contributed by atoms with Crippen LogP contribution in [0.15, 0.2) is 15.5 Å². The minimum absolute atomic E-state index is 0.275. The van der Waals surface area contributed by atoms with Crippen LogP contribution < -0.4 is 4.74 Å². The zero-order valence-electron chi connectivity index (χ0n) is 14.0. The smallest absolute Gasteiger partial charge is 0.228 e. The molecule has 0 aliphatic heterocycles. The van der Waals surface area contributed by atoms with Crippen molar-refractivity contribution in [1.29, 1.82) is 0 Å². The molecule has 0 amide bonds. The standard InChI is InChI=1S/C17H26BrN3O/c1-5-21(4)11-19-15-10-14(18)17(20-13(15)3)22-16-9-7-6-8-12(16)2/h10-12,16H,5-9H2,1-4H3/b19-11+/t12-,16+/m0/s1. The number of rotatable bonds is 5. The minimum atomic E-state index is 0.275. The van der Waals surface area contributed by atoms with Gasteiger partial charge in [0.15, 0.2) is 0 Å². The second-order valence-electron chi connectivity index (χ2n) is 6.12.